The third-order valence-electron chi connectivity index (χ3n) is 2.87. The van der Waals surface area contributed by atoms with Gasteiger partial charge < -0.3 is 20.1 Å². The van der Waals surface area contributed by atoms with Gasteiger partial charge in [0, 0.05) is 6.54 Å². The summed E-state index contributed by atoms with van der Waals surface area (Å²) in [5, 5.41) is 4.81. The van der Waals surface area contributed by atoms with Gasteiger partial charge in [-0.05, 0) is 26.3 Å². The van der Waals surface area contributed by atoms with E-state index < -0.39 is 29.6 Å². The maximum atomic E-state index is 11.8. The lowest BCUT2D eigenvalue weighted by Crippen LogP contribution is -2.50. The molecule has 1 rings (SSSR count). The first-order valence-corrected chi connectivity index (χ1v) is 8.27. The van der Waals surface area contributed by atoms with Gasteiger partial charge in [-0.2, -0.15) is 0 Å². The standard InChI is InChI=1S/C17H23ClN2O5/c1-17(2,3)25-16(23)20-13(14(21)9-18)10-19-15(22)24-11-12-7-5-4-6-8-12/h4-8,13H,9-11H2,1-3H3,(H,19,22)(H,20,23). The zero-order valence-corrected chi connectivity index (χ0v) is 15.3. The van der Waals surface area contributed by atoms with Gasteiger partial charge in [-0.25, -0.2) is 9.59 Å². The quantitative estimate of drug-likeness (QED) is 0.719. The van der Waals surface area contributed by atoms with Crippen molar-refractivity contribution in [1.29, 1.82) is 0 Å². The van der Waals surface area contributed by atoms with Crippen LogP contribution in [0.4, 0.5) is 9.59 Å². The number of hydrogen-bond acceptors (Lipinski definition) is 5. The van der Waals surface area contributed by atoms with Crippen molar-refractivity contribution in [2.75, 3.05) is 12.4 Å². The number of hydrogen-bond donors (Lipinski definition) is 2. The van der Waals surface area contributed by atoms with Crippen LogP contribution in [-0.2, 0) is 20.9 Å². The molecule has 0 aromatic heterocycles. The van der Waals surface area contributed by atoms with Gasteiger partial charge in [-0.3, -0.25) is 4.79 Å². The van der Waals surface area contributed by atoms with Crippen LogP contribution in [0.2, 0.25) is 0 Å². The highest BCUT2D eigenvalue weighted by Crippen LogP contribution is 2.07. The molecule has 1 aromatic carbocycles. The van der Waals surface area contributed by atoms with Crippen LogP contribution >= 0.6 is 11.6 Å². The van der Waals surface area contributed by atoms with Crippen LogP contribution in [0.25, 0.3) is 0 Å². The highest BCUT2D eigenvalue weighted by atomic mass is 35.5. The summed E-state index contributed by atoms with van der Waals surface area (Å²) in [6, 6.07) is 8.15. The van der Waals surface area contributed by atoms with Gasteiger partial charge in [0.05, 0.1) is 5.88 Å². The second-order valence-electron chi connectivity index (χ2n) is 6.24. The van der Waals surface area contributed by atoms with Crippen LogP contribution in [0.3, 0.4) is 0 Å². The van der Waals surface area contributed by atoms with E-state index in [1.807, 2.05) is 30.3 Å². The Kier molecular flexibility index (Phi) is 8.21. The molecule has 0 spiro atoms. The minimum atomic E-state index is -1.00. The van der Waals surface area contributed by atoms with E-state index in [0.717, 1.165) is 5.56 Å². The molecule has 0 aliphatic rings. The maximum Gasteiger partial charge on any atom is 0.408 e. The lowest BCUT2D eigenvalue weighted by molar-refractivity contribution is -0.118. The fourth-order valence-corrected chi connectivity index (χ4v) is 1.93. The number of nitrogens with one attached hydrogen (secondary N) is 2. The number of amides is 2. The van der Waals surface area contributed by atoms with Crippen LogP contribution in [0, 0.1) is 0 Å². The largest absolute Gasteiger partial charge is 0.445 e. The van der Waals surface area contributed by atoms with Crippen molar-refractivity contribution in [1.82, 2.24) is 10.6 Å². The Labute approximate surface area is 152 Å². The van der Waals surface area contributed by atoms with Crippen LogP contribution < -0.4 is 10.6 Å². The fraction of sp³-hybridized carbons (Fsp3) is 0.471. The van der Waals surface area contributed by atoms with E-state index in [0.29, 0.717) is 0 Å². The van der Waals surface area contributed by atoms with Gasteiger partial charge in [0.1, 0.15) is 18.2 Å². The Morgan fingerprint density at radius 2 is 1.76 bits per heavy atom. The molecule has 1 unspecified atom stereocenters. The topological polar surface area (TPSA) is 93.7 Å². The van der Waals surface area contributed by atoms with E-state index in [1.165, 1.54) is 0 Å². The predicted molar refractivity (Wildman–Crippen MR) is 93.5 cm³/mol. The van der Waals surface area contributed by atoms with Crippen LogP contribution in [0.5, 0.6) is 0 Å². The van der Waals surface area contributed by atoms with Gasteiger partial charge >= 0.3 is 12.2 Å². The zero-order chi connectivity index (χ0) is 18.9. The Hall–Kier alpha value is -2.28. The molecule has 0 bridgehead atoms. The molecule has 0 heterocycles. The molecule has 0 radical (unpaired) electrons. The fourth-order valence-electron chi connectivity index (χ4n) is 1.75. The number of benzene rings is 1. The normalized spacial score (nSPS) is 12.0. The number of alkyl halides is 1. The Morgan fingerprint density at radius 1 is 1.12 bits per heavy atom. The van der Waals surface area contributed by atoms with Crippen LogP contribution in [0.1, 0.15) is 26.3 Å². The van der Waals surface area contributed by atoms with Gasteiger partial charge in [0.25, 0.3) is 0 Å². The molecule has 0 aliphatic heterocycles. The van der Waals surface area contributed by atoms with Crippen molar-refractivity contribution in [2.45, 2.75) is 39.0 Å². The van der Waals surface area contributed by atoms with E-state index in [2.05, 4.69) is 10.6 Å². The highest BCUT2D eigenvalue weighted by Gasteiger charge is 2.24. The summed E-state index contributed by atoms with van der Waals surface area (Å²) in [5.41, 5.74) is 0.124. The summed E-state index contributed by atoms with van der Waals surface area (Å²) < 4.78 is 10.1. The third-order valence-corrected chi connectivity index (χ3v) is 3.14. The summed E-state index contributed by atoms with van der Waals surface area (Å²) in [6.07, 6.45) is -1.47. The predicted octanol–water partition coefficient (Wildman–Crippen LogP) is 2.61. The van der Waals surface area contributed by atoms with Crippen molar-refractivity contribution >= 4 is 29.6 Å². The van der Waals surface area contributed by atoms with Crippen LogP contribution in [-0.4, -0.2) is 42.0 Å². The number of alkyl carbamates (subject to hydrolysis) is 2. The first kappa shape index (κ1) is 20.8. The Morgan fingerprint density at radius 3 is 2.32 bits per heavy atom. The molecule has 0 aliphatic carbocycles. The second-order valence-corrected chi connectivity index (χ2v) is 6.51. The first-order valence-electron chi connectivity index (χ1n) is 7.74. The molecular weight excluding hydrogens is 348 g/mol. The van der Waals surface area contributed by atoms with Crippen molar-refractivity contribution in [2.24, 2.45) is 0 Å². The number of rotatable bonds is 7. The minimum Gasteiger partial charge on any atom is -0.445 e. The molecule has 0 saturated heterocycles. The van der Waals surface area contributed by atoms with E-state index in [9.17, 15) is 14.4 Å². The minimum absolute atomic E-state index is 0.0975. The molecule has 8 heteroatoms. The third kappa shape index (κ3) is 8.95. The molecular formula is C17H23ClN2O5. The number of ketones is 1. The maximum absolute atomic E-state index is 11.8. The lowest BCUT2D eigenvalue weighted by atomic mass is 10.2. The summed E-state index contributed by atoms with van der Waals surface area (Å²) >= 11 is 5.53. The van der Waals surface area contributed by atoms with Crippen molar-refractivity contribution in [3.63, 3.8) is 0 Å². The second kappa shape index (κ2) is 9.88. The number of carbonyl (C=O) groups is 3. The van der Waals surface area contributed by atoms with Gasteiger partial charge in [-0.15, -0.1) is 11.6 Å². The molecule has 1 atom stereocenters. The average molecular weight is 371 g/mol. The molecule has 25 heavy (non-hydrogen) atoms. The SMILES string of the molecule is CC(C)(C)OC(=O)NC(CNC(=O)OCc1ccccc1)C(=O)CCl. The molecule has 2 N–H and O–H groups in total. The van der Waals surface area contributed by atoms with E-state index in [1.54, 1.807) is 20.8 Å². The van der Waals surface area contributed by atoms with E-state index in [-0.39, 0.29) is 19.0 Å². The van der Waals surface area contributed by atoms with E-state index >= 15 is 0 Å². The molecule has 0 fully saturated rings. The summed E-state index contributed by atoms with van der Waals surface area (Å²) in [4.78, 5) is 35.3. The summed E-state index contributed by atoms with van der Waals surface area (Å²) in [5.74, 6) is -0.753. The smallest absolute Gasteiger partial charge is 0.408 e. The van der Waals surface area contributed by atoms with Crippen LogP contribution in [0.15, 0.2) is 30.3 Å². The molecule has 0 saturated carbocycles. The summed E-state index contributed by atoms with van der Waals surface area (Å²) in [7, 11) is 0. The highest BCUT2D eigenvalue weighted by molar-refractivity contribution is 6.28. The number of ether oxygens (including phenoxy) is 2. The van der Waals surface area contributed by atoms with Crippen molar-refractivity contribution < 1.29 is 23.9 Å². The van der Waals surface area contributed by atoms with Gasteiger partial charge in [0.15, 0.2) is 5.78 Å². The van der Waals surface area contributed by atoms with E-state index in [4.69, 9.17) is 21.1 Å². The number of Topliss-reactive ketones (excluding diaryl/α,β-unsaturated/α-hetero) is 1. The lowest BCUT2D eigenvalue weighted by Gasteiger charge is -2.23. The van der Waals surface area contributed by atoms with Crippen molar-refractivity contribution in [3.05, 3.63) is 35.9 Å². The van der Waals surface area contributed by atoms with Crippen molar-refractivity contribution in [3.8, 4) is 0 Å². The van der Waals surface area contributed by atoms with Gasteiger partial charge in [-0.1, -0.05) is 30.3 Å². The molecule has 2 amide bonds. The number of carbonyl (C=O) groups excluding carboxylic acids is 3. The Bertz CT molecular complexity index is 586. The van der Waals surface area contributed by atoms with Gasteiger partial charge in [0.2, 0.25) is 0 Å². The summed E-state index contributed by atoms with van der Waals surface area (Å²) in [6.45, 7) is 5.04. The first-order chi connectivity index (χ1) is 11.7. The number of halogens is 1. The molecule has 1 aromatic rings. The molecule has 7 nitrogen and oxygen atoms in total. The zero-order valence-electron chi connectivity index (χ0n) is 14.5. The monoisotopic (exact) mass is 370 g/mol. The Balaban J connectivity index is 2.48. The molecule has 138 valence electrons. The average Bonchev–Trinajstić information content (AvgIpc) is 2.55.